The minimum atomic E-state index is -0.0129. The van der Waals surface area contributed by atoms with Gasteiger partial charge < -0.3 is 15.2 Å². The maximum absolute atomic E-state index is 12.0. The van der Waals surface area contributed by atoms with Crippen LogP contribution in [0.2, 0.25) is 0 Å². The first-order valence-corrected chi connectivity index (χ1v) is 8.82. The molecule has 4 nitrogen and oxygen atoms in total. The van der Waals surface area contributed by atoms with Gasteiger partial charge in [0.05, 0.1) is 0 Å². The normalized spacial score (nSPS) is 21.3. The highest BCUT2D eigenvalue weighted by atomic mass is 16.2. The molecule has 124 valence electrons. The number of benzene rings is 1. The molecule has 0 spiro atoms. The summed E-state index contributed by atoms with van der Waals surface area (Å²) in [6, 6.07) is 10.9. The van der Waals surface area contributed by atoms with E-state index in [1.54, 1.807) is 0 Å². The highest BCUT2D eigenvalue weighted by molar-refractivity contribution is 5.79. The molecule has 2 aromatic rings. The van der Waals surface area contributed by atoms with Gasteiger partial charge in [-0.05, 0) is 42.7 Å². The summed E-state index contributed by atoms with van der Waals surface area (Å²) in [5.41, 5.74) is 1.26. The van der Waals surface area contributed by atoms with E-state index in [2.05, 4.69) is 58.7 Å². The average molecular weight is 313 g/mol. The van der Waals surface area contributed by atoms with E-state index in [4.69, 9.17) is 0 Å². The van der Waals surface area contributed by atoms with Gasteiger partial charge in [-0.1, -0.05) is 38.0 Å². The van der Waals surface area contributed by atoms with Gasteiger partial charge in [0.15, 0.2) is 0 Å². The molecule has 1 aromatic heterocycles. The molecule has 1 heterocycles. The quantitative estimate of drug-likeness (QED) is 0.808. The third kappa shape index (κ3) is 4.06. The Hall–Kier alpha value is -1.97. The second kappa shape index (κ2) is 7.53. The second-order valence-corrected chi connectivity index (χ2v) is 6.69. The number of nitrogens with one attached hydrogen (secondary N) is 2. The molecule has 2 N–H and O–H groups in total. The third-order valence-corrected chi connectivity index (χ3v) is 4.97. The summed E-state index contributed by atoms with van der Waals surface area (Å²) in [5, 5.41) is 7.40. The van der Waals surface area contributed by atoms with Gasteiger partial charge in [-0.15, -0.1) is 0 Å². The minimum absolute atomic E-state index is 0.0129. The van der Waals surface area contributed by atoms with Crippen LogP contribution in [0.15, 0.2) is 36.5 Å². The van der Waals surface area contributed by atoms with Crippen molar-refractivity contribution in [3.05, 3.63) is 36.5 Å². The number of nitrogens with zero attached hydrogens (tertiary/aromatic N) is 1. The van der Waals surface area contributed by atoms with E-state index < -0.39 is 0 Å². The van der Waals surface area contributed by atoms with Crippen LogP contribution >= 0.6 is 0 Å². The Balaban J connectivity index is 1.40. The van der Waals surface area contributed by atoms with Crippen molar-refractivity contribution in [3.63, 3.8) is 0 Å². The highest BCUT2D eigenvalue weighted by Gasteiger charge is 2.22. The maximum Gasteiger partial charge on any atom is 0.315 e. The molecule has 2 atom stereocenters. The SMILES string of the molecule is C[C@H]1CCCC[C@H]1NC(=O)NCCCn1ccc2ccccc21. The fraction of sp³-hybridized carbons (Fsp3) is 0.526. The Labute approximate surface area is 138 Å². The van der Waals surface area contributed by atoms with Gasteiger partial charge in [-0.3, -0.25) is 0 Å². The average Bonchev–Trinajstić information content (AvgIpc) is 2.97. The first-order valence-electron chi connectivity index (χ1n) is 8.82. The molecule has 23 heavy (non-hydrogen) atoms. The number of fused-ring (bicyclic) bond motifs is 1. The fourth-order valence-corrected chi connectivity index (χ4v) is 3.54. The Kier molecular flexibility index (Phi) is 5.21. The Morgan fingerprint density at radius 3 is 2.91 bits per heavy atom. The number of hydrogen-bond acceptors (Lipinski definition) is 1. The highest BCUT2D eigenvalue weighted by Crippen LogP contribution is 2.23. The molecule has 1 aromatic carbocycles. The van der Waals surface area contributed by atoms with Crippen molar-refractivity contribution >= 4 is 16.9 Å². The van der Waals surface area contributed by atoms with E-state index in [0.29, 0.717) is 18.5 Å². The number of rotatable bonds is 5. The standard InChI is InChI=1S/C19H27N3O/c1-15-7-2-4-9-17(15)21-19(23)20-12-6-13-22-14-11-16-8-3-5-10-18(16)22/h3,5,8,10-11,14-15,17H,2,4,6-7,9,12-13H2,1H3,(H2,20,21,23)/t15-,17+/m0/s1. The van der Waals surface area contributed by atoms with Crippen LogP contribution in [0.25, 0.3) is 10.9 Å². The Morgan fingerprint density at radius 2 is 2.04 bits per heavy atom. The van der Waals surface area contributed by atoms with Gasteiger partial charge in [0.2, 0.25) is 0 Å². The van der Waals surface area contributed by atoms with Crippen molar-refractivity contribution in [2.24, 2.45) is 5.92 Å². The molecule has 0 unspecified atom stereocenters. The Morgan fingerprint density at radius 1 is 1.22 bits per heavy atom. The molecular formula is C19H27N3O. The molecule has 0 aliphatic heterocycles. The first-order chi connectivity index (χ1) is 11.2. The number of amides is 2. The minimum Gasteiger partial charge on any atom is -0.347 e. The number of carbonyl (C=O) groups is 1. The summed E-state index contributed by atoms with van der Waals surface area (Å²) < 4.78 is 2.25. The van der Waals surface area contributed by atoms with Crippen LogP contribution in [0, 0.1) is 5.92 Å². The summed E-state index contributed by atoms with van der Waals surface area (Å²) in [6.07, 6.45) is 7.93. The van der Waals surface area contributed by atoms with E-state index in [0.717, 1.165) is 19.4 Å². The van der Waals surface area contributed by atoms with Gasteiger partial charge in [-0.25, -0.2) is 4.79 Å². The molecule has 1 aliphatic rings. The van der Waals surface area contributed by atoms with Crippen LogP contribution in [0.1, 0.15) is 39.0 Å². The van der Waals surface area contributed by atoms with Crippen LogP contribution in [0.5, 0.6) is 0 Å². The summed E-state index contributed by atoms with van der Waals surface area (Å²) in [6.45, 7) is 3.87. The second-order valence-electron chi connectivity index (χ2n) is 6.69. The zero-order chi connectivity index (χ0) is 16.1. The molecule has 2 amide bonds. The van der Waals surface area contributed by atoms with Crippen LogP contribution in [0.4, 0.5) is 4.79 Å². The van der Waals surface area contributed by atoms with Gasteiger partial charge in [0, 0.05) is 30.8 Å². The van der Waals surface area contributed by atoms with Gasteiger partial charge in [0.25, 0.3) is 0 Å². The van der Waals surface area contributed by atoms with Crippen LogP contribution in [-0.2, 0) is 6.54 Å². The van der Waals surface area contributed by atoms with Gasteiger partial charge in [0.1, 0.15) is 0 Å². The monoisotopic (exact) mass is 313 g/mol. The number of aryl methyl sites for hydroxylation is 1. The van der Waals surface area contributed by atoms with Gasteiger partial charge >= 0.3 is 6.03 Å². The summed E-state index contributed by atoms with van der Waals surface area (Å²) >= 11 is 0. The number of aromatic nitrogens is 1. The lowest BCUT2D eigenvalue weighted by Crippen LogP contribution is -2.46. The lowest BCUT2D eigenvalue weighted by atomic mass is 9.86. The summed E-state index contributed by atoms with van der Waals surface area (Å²) in [5.74, 6) is 0.598. The van der Waals surface area contributed by atoms with E-state index in [1.165, 1.54) is 30.2 Å². The van der Waals surface area contributed by atoms with Crippen molar-refractivity contribution in [2.75, 3.05) is 6.54 Å². The first kappa shape index (κ1) is 15.9. The smallest absolute Gasteiger partial charge is 0.315 e. The molecule has 3 rings (SSSR count). The molecular weight excluding hydrogens is 286 g/mol. The lowest BCUT2D eigenvalue weighted by Gasteiger charge is -2.29. The fourth-order valence-electron chi connectivity index (χ4n) is 3.54. The number of carbonyl (C=O) groups excluding carboxylic acids is 1. The predicted molar refractivity (Wildman–Crippen MR) is 94.5 cm³/mol. The number of para-hydroxylation sites is 1. The largest absolute Gasteiger partial charge is 0.347 e. The van der Waals surface area contributed by atoms with Crippen LogP contribution in [0.3, 0.4) is 0 Å². The molecule has 1 aliphatic carbocycles. The lowest BCUT2D eigenvalue weighted by molar-refractivity contribution is 0.221. The molecule has 1 fully saturated rings. The summed E-state index contributed by atoms with van der Waals surface area (Å²) in [7, 11) is 0. The van der Waals surface area contributed by atoms with Crippen molar-refractivity contribution in [1.82, 2.24) is 15.2 Å². The Bertz CT molecular complexity index is 649. The van der Waals surface area contributed by atoms with Gasteiger partial charge in [-0.2, -0.15) is 0 Å². The maximum atomic E-state index is 12.0. The van der Waals surface area contributed by atoms with E-state index in [1.807, 2.05) is 0 Å². The zero-order valence-electron chi connectivity index (χ0n) is 13.9. The number of urea groups is 1. The van der Waals surface area contributed by atoms with Crippen molar-refractivity contribution in [2.45, 2.75) is 51.6 Å². The topological polar surface area (TPSA) is 46.1 Å². The molecule has 0 saturated heterocycles. The van der Waals surface area contributed by atoms with Crippen molar-refractivity contribution < 1.29 is 4.79 Å². The van der Waals surface area contributed by atoms with Crippen LogP contribution in [-0.4, -0.2) is 23.2 Å². The van der Waals surface area contributed by atoms with E-state index in [9.17, 15) is 4.79 Å². The predicted octanol–water partition coefficient (Wildman–Crippen LogP) is 3.91. The zero-order valence-corrected chi connectivity index (χ0v) is 13.9. The third-order valence-electron chi connectivity index (χ3n) is 4.97. The molecule has 0 radical (unpaired) electrons. The summed E-state index contributed by atoms with van der Waals surface area (Å²) in [4.78, 5) is 12.0. The molecule has 4 heteroatoms. The van der Waals surface area contributed by atoms with Crippen molar-refractivity contribution in [1.29, 1.82) is 0 Å². The number of hydrogen-bond donors (Lipinski definition) is 2. The van der Waals surface area contributed by atoms with E-state index in [-0.39, 0.29) is 6.03 Å². The van der Waals surface area contributed by atoms with Crippen LogP contribution < -0.4 is 10.6 Å². The van der Waals surface area contributed by atoms with Crippen molar-refractivity contribution in [3.8, 4) is 0 Å². The molecule has 1 saturated carbocycles. The van der Waals surface area contributed by atoms with E-state index >= 15 is 0 Å². The molecule has 0 bridgehead atoms.